The minimum atomic E-state index is 0.479. The number of rotatable bonds is 3. The van der Waals surface area contributed by atoms with E-state index in [1.165, 1.54) is 25.9 Å². The van der Waals surface area contributed by atoms with Crippen molar-refractivity contribution in [3.63, 3.8) is 0 Å². The number of likely N-dealkylation sites (tertiary alicyclic amines) is 1. The molecule has 0 unspecified atom stereocenters. The average Bonchev–Trinajstić information content (AvgIpc) is 2.02. The minimum Gasteiger partial charge on any atom is -0.327 e. The van der Waals surface area contributed by atoms with E-state index < -0.39 is 0 Å². The zero-order valence-corrected chi connectivity index (χ0v) is 8.97. The number of hydrogen-bond acceptors (Lipinski definition) is 2. The van der Waals surface area contributed by atoms with Crippen molar-refractivity contribution in [2.45, 2.75) is 26.7 Å². The molecule has 0 atom stereocenters. The molecule has 2 nitrogen and oxygen atoms in total. The van der Waals surface area contributed by atoms with Gasteiger partial charge in [0.1, 0.15) is 0 Å². The number of nitrogens with zero attached hydrogens (tertiary/aromatic N) is 1. The molecule has 1 aliphatic heterocycles. The lowest BCUT2D eigenvalue weighted by Gasteiger charge is -2.38. The van der Waals surface area contributed by atoms with Gasteiger partial charge in [0.25, 0.3) is 0 Å². The molecule has 0 aliphatic carbocycles. The van der Waals surface area contributed by atoms with Crippen LogP contribution in [0.15, 0.2) is 12.2 Å². The Labute approximate surface area is 81.8 Å². The van der Waals surface area contributed by atoms with E-state index in [0.29, 0.717) is 12.0 Å². The van der Waals surface area contributed by atoms with Crippen LogP contribution in [0, 0.1) is 5.41 Å². The molecule has 0 spiro atoms. The van der Waals surface area contributed by atoms with Crippen LogP contribution in [0.25, 0.3) is 0 Å². The second-order valence-electron chi connectivity index (χ2n) is 4.93. The Hall–Kier alpha value is -0.340. The highest BCUT2D eigenvalue weighted by Crippen LogP contribution is 2.28. The molecule has 1 aliphatic rings. The molecule has 0 bridgehead atoms. The van der Waals surface area contributed by atoms with E-state index in [0.717, 1.165) is 12.1 Å². The standard InChI is InChI=1S/C11H22N2/c1-10(7-12)8-13-6-4-5-11(2,3)9-13/h1,4-9,12H2,2-3H3. The van der Waals surface area contributed by atoms with Crippen LogP contribution in [0.1, 0.15) is 26.7 Å². The second-order valence-corrected chi connectivity index (χ2v) is 4.93. The maximum atomic E-state index is 5.53. The third kappa shape index (κ3) is 3.49. The molecule has 2 heteroatoms. The number of hydrogen-bond donors (Lipinski definition) is 1. The van der Waals surface area contributed by atoms with Crippen LogP contribution in [-0.4, -0.2) is 31.1 Å². The smallest absolute Gasteiger partial charge is 0.0202 e. The van der Waals surface area contributed by atoms with Gasteiger partial charge in [0.15, 0.2) is 0 Å². The highest BCUT2D eigenvalue weighted by atomic mass is 15.1. The molecule has 0 aromatic carbocycles. The summed E-state index contributed by atoms with van der Waals surface area (Å²) in [5, 5.41) is 0. The zero-order valence-electron chi connectivity index (χ0n) is 8.97. The first-order valence-corrected chi connectivity index (χ1v) is 5.12. The van der Waals surface area contributed by atoms with Gasteiger partial charge in [-0.1, -0.05) is 20.4 Å². The normalized spacial score (nSPS) is 23.0. The van der Waals surface area contributed by atoms with Gasteiger partial charge >= 0.3 is 0 Å². The fourth-order valence-corrected chi connectivity index (χ4v) is 2.06. The van der Waals surface area contributed by atoms with Gasteiger partial charge in [-0.05, 0) is 30.4 Å². The summed E-state index contributed by atoms with van der Waals surface area (Å²) in [5.74, 6) is 0. The summed E-state index contributed by atoms with van der Waals surface area (Å²) in [6.07, 6.45) is 2.66. The summed E-state index contributed by atoms with van der Waals surface area (Å²) >= 11 is 0. The van der Waals surface area contributed by atoms with Crippen molar-refractivity contribution < 1.29 is 0 Å². The van der Waals surface area contributed by atoms with Gasteiger partial charge < -0.3 is 5.73 Å². The highest BCUT2D eigenvalue weighted by molar-refractivity contribution is 4.99. The van der Waals surface area contributed by atoms with Crippen molar-refractivity contribution >= 4 is 0 Å². The van der Waals surface area contributed by atoms with Gasteiger partial charge in [-0.3, -0.25) is 4.90 Å². The summed E-state index contributed by atoms with van der Waals surface area (Å²) < 4.78 is 0. The van der Waals surface area contributed by atoms with Crippen LogP contribution in [0.5, 0.6) is 0 Å². The Morgan fingerprint density at radius 2 is 2.23 bits per heavy atom. The Morgan fingerprint density at radius 3 is 2.77 bits per heavy atom. The predicted octanol–water partition coefficient (Wildman–Crippen LogP) is 1.62. The molecule has 0 aromatic rings. The van der Waals surface area contributed by atoms with Crippen molar-refractivity contribution in [1.29, 1.82) is 0 Å². The van der Waals surface area contributed by atoms with E-state index in [-0.39, 0.29) is 0 Å². The highest BCUT2D eigenvalue weighted by Gasteiger charge is 2.25. The van der Waals surface area contributed by atoms with E-state index in [4.69, 9.17) is 5.73 Å². The summed E-state index contributed by atoms with van der Waals surface area (Å²) in [6, 6.07) is 0. The van der Waals surface area contributed by atoms with E-state index in [2.05, 4.69) is 25.3 Å². The van der Waals surface area contributed by atoms with Crippen LogP contribution in [-0.2, 0) is 0 Å². The van der Waals surface area contributed by atoms with Crippen molar-refractivity contribution in [3.8, 4) is 0 Å². The van der Waals surface area contributed by atoms with Crippen LogP contribution >= 0.6 is 0 Å². The topological polar surface area (TPSA) is 29.3 Å². The Balaban J connectivity index is 2.39. The quantitative estimate of drug-likeness (QED) is 0.672. The molecule has 1 saturated heterocycles. The first-order valence-electron chi connectivity index (χ1n) is 5.12. The summed E-state index contributed by atoms with van der Waals surface area (Å²) in [4.78, 5) is 2.47. The molecule has 1 heterocycles. The van der Waals surface area contributed by atoms with Crippen molar-refractivity contribution in [2.75, 3.05) is 26.2 Å². The molecule has 0 aromatic heterocycles. The van der Waals surface area contributed by atoms with E-state index >= 15 is 0 Å². The largest absolute Gasteiger partial charge is 0.327 e. The molecule has 2 N–H and O–H groups in total. The second kappa shape index (κ2) is 4.25. The first kappa shape index (κ1) is 10.7. The molecule has 76 valence electrons. The fourth-order valence-electron chi connectivity index (χ4n) is 2.06. The molecular formula is C11H22N2. The van der Waals surface area contributed by atoms with Crippen LogP contribution in [0.3, 0.4) is 0 Å². The number of nitrogens with two attached hydrogens (primary N) is 1. The molecule has 0 saturated carbocycles. The Bertz CT molecular complexity index is 185. The van der Waals surface area contributed by atoms with Gasteiger partial charge in [0, 0.05) is 19.6 Å². The zero-order chi connectivity index (χ0) is 9.90. The average molecular weight is 182 g/mol. The molecule has 1 fully saturated rings. The van der Waals surface area contributed by atoms with Crippen molar-refractivity contribution in [2.24, 2.45) is 11.1 Å². The first-order chi connectivity index (χ1) is 6.03. The van der Waals surface area contributed by atoms with Gasteiger partial charge in [-0.15, -0.1) is 0 Å². The number of piperidine rings is 1. The SMILES string of the molecule is C=C(CN)CN1CCCC(C)(C)C1. The van der Waals surface area contributed by atoms with Crippen LogP contribution < -0.4 is 5.73 Å². The van der Waals surface area contributed by atoms with Crippen molar-refractivity contribution in [1.82, 2.24) is 4.90 Å². The third-order valence-corrected chi connectivity index (χ3v) is 2.72. The monoisotopic (exact) mass is 182 g/mol. The van der Waals surface area contributed by atoms with Gasteiger partial charge in [0.05, 0.1) is 0 Å². The third-order valence-electron chi connectivity index (χ3n) is 2.72. The Kier molecular flexibility index (Phi) is 3.51. The summed E-state index contributed by atoms with van der Waals surface area (Å²) in [6.45, 7) is 12.6. The predicted molar refractivity (Wildman–Crippen MR) is 57.6 cm³/mol. The minimum absolute atomic E-state index is 0.479. The molecular weight excluding hydrogens is 160 g/mol. The molecule has 13 heavy (non-hydrogen) atoms. The summed E-state index contributed by atoms with van der Waals surface area (Å²) in [5.41, 5.74) is 7.16. The fraction of sp³-hybridized carbons (Fsp3) is 0.818. The van der Waals surface area contributed by atoms with Gasteiger partial charge in [0.2, 0.25) is 0 Å². The van der Waals surface area contributed by atoms with E-state index in [9.17, 15) is 0 Å². The van der Waals surface area contributed by atoms with Crippen LogP contribution in [0.2, 0.25) is 0 Å². The maximum Gasteiger partial charge on any atom is 0.0202 e. The Morgan fingerprint density at radius 1 is 1.54 bits per heavy atom. The van der Waals surface area contributed by atoms with Gasteiger partial charge in [-0.2, -0.15) is 0 Å². The lowest BCUT2D eigenvalue weighted by molar-refractivity contribution is 0.127. The van der Waals surface area contributed by atoms with E-state index in [1.54, 1.807) is 0 Å². The van der Waals surface area contributed by atoms with E-state index in [1.807, 2.05) is 0 Å². The van der Waals surface area contributed by atoms with Crippen molar-refractivity contribution in [3.05, 3.63) is 12.2 Å². The lowest BCUT2D eigenvalue weighted by atomic mass is 9.84. The molecule has 0 radical (unpaired) electrons. The lowest BCUT2D eigenvalue weighted by Crippen LogP contribution is -2.41. The molecule has 0 amide bonds. The maximum absolute atomic E-state index is 5.53. The molecule has 1 rings (SSSR count). The summed E-state index contributed by atoms with van der Waals surface area (Å²) in [7, 11) is 0. The van der Waals surface area contributed by atoms with Gasteiger partial charge in [-0.25, -0.2) is 0 Å². The van der Waals surface area contributed by atoms with Crippen LogP contribution in [0.4, 0.5) is 0 Å².